The van der Waals surface area contributed by atoms with Crippen LogP contribution in [0.15, 0.2) is 109 Å². The zero-order valence-corrected chi connectivity index (χ0v) is 28.0. The Morgan fingerprint density at radius 1 is 0.843 bits per heavy atom. The van der Waals surface area contributed by atoms with E-state index in [2.05, 4.69) is 5.43 Å². The number of anilines is 2. The minimum absolute atomic E-state index is 0.0114. The van der Waals surface area contributed by atoms with Gasteiger partial charge in [-0.2, -0.15) is 5.01 Å². The quantitative estimate of drug-likeness (QED) is 0.132. The number of Topliss-reactive ketones (excluding diaryl/α,β-unsaturated/α-hetero) is 1. The number of amides is 4. The number of carbonyl (C=O) groups excluding carboxylic acids is 5. The number of phenolic OH excluding ortho intramolecular Hbond substituents is 1. The molecule has 0 spiro atoms. The predicted molar refractivity (Wildman–Crippen MR) is 186 cm³/mol. The van der Waals surface area contributed by atoms with Gasteiger partial charge in [0.25, 0.3) is 11.8 Å². The largest absolute Gasteiger partial charge is 0.508 e. The third-order valence-electron chi connectivity index (χ3n) is 11.0. The number of halogens is 2. The highest BCUT2D eigenvalue weighted by molar-refractivity contribution is 6.30. The first-order chi connectivity index (χ1) is 24.5. The molecule has 4 aliphatic rings. The Bertz CT molecular complexity index is 2150. The number of fused-ring (bicyclic) bond motifs is 4. The maximum Gasteiger partial charge on any atom is 0.260 e. The van der Waals surface area contributed by atoms with E-state index in [0.717, 1.165) is 10.6 Å². The zero-order valence-electron chi connectivity index (χ0n) is 27.3. The molecule has 4 aromatic carbocycles. The lowest BCUT2D eigenvalue weighted by atomic mass is 9.49. The molecule has 2 saturated heterocycles. The molecule has 4 amide bonds. The fraction of sp³-hybridized carbons (Fsp3) is 0.225. The van der Waals surface area contributed by atoms with Gasteiger partial charge in [0.1, 0.15) is 11.6 Å². The summed E-state index contributed by atoms with van der Waals surface area (Å²) in [6, 6.07) is 24.9. The van der Waals surface area contributed by atoms with Crippen LogP contribution in [0, 0.1) is 29.5 Å². The molecule has 4 aromatic rings. The average Bonchev–Trinajstić information content (AvgIpc) is 3.50. The predicted octanol–water partition coefficient (Wildman–Crippen LogP) is 6.58. The molecule has 2 heterocycles. The summed E-state index contributed by atoms with van der Waals surface area (Å²) >= 11 is 6.33. The number of benzene rings is 4. The van der Waals surface area contributed by atoms with E-state index < -0.39 is 58.5 Å². The molecule has 3 fully saturated rings. The molecule has 9 nitrogen and oxygen atoms in total. The highest BCUT2D eigenvalue weighted by Crippen LogP contribution is 2.64. The van der Waals surface area contributed by atoms with Crippen LogP contribution in [-0.4, -0.2) is 39.5 Å². The van der Waals surface area contributed by atoms with Crippen molar-refractivity contribution in [3.05, 3.63) is 136 Å². The molecule has 0 bridgehead atoms. The summed E-state index contributed by atoms with van der Waals surface area (Å²) in [6.07, 6.45) is 2.27. The summed E-state index contributed by atoms with van der Waals surface area (Å²) in [4.78, 5) is 71.3. The first-order valence-electron chi connectivity index (χ1n) is 16.6. The Balaban J connectivity index is 1.29. The van der Waals surface area contributed by atoms with Gasteiger partial charge < -0.3 is 5.11 Å². The Labute approximate surface area is 297 Å². The molecule has 2 aliphatic carbocycles. The molecular weight excluding hydrogens is 673 g/mol. The number of hydrogen-bond donors (Lipinski definition) is 2. The van der Waals surface area contributed by atoms with Crippen molar-refractivity contribution in [3.8, 4) is 5.75 Å². The van der Waals surface area contributed by atoms with E-state index in [0.29, 0.717) is 33.1 Å². The molecule has 2 N–H and O–H groups in total. The van der Waals surface area contributed by atoms with Crippen LogP contribution < -0.4 is 10.3 Å². The molecular formula is C40H31ClFN3O6. The van der Waals surface area contributed by atoms with Crippen LogP contribution in [0.25, 0.3) is 0 Å². The lowest BCUT2D eigenvalue weighted by Crippen LogP contribution is -2.53. The third-order valence-corrected chi connectivity index (χ3v) is 11.3. The van der Waals surface area contributed by atoms with Crippen molar-refractivity contribution in [2.75, 3.05) is 10.3 Å². The monoisotopic (exact) mass is 703 g/mol. The molecule has 11 heteroatoms. The van der Waals surface area contributed by atoms with Crippen LogP contribution in [0.2, 0.25) is 5.02 Å². The second-order valence-corrected chi connectivity index (χ2v) is 14.0. The van der Waals surface area contributed by atoms with Gasteiger partial charge in [-0.05, 0) is 110 Å². The maximum absolute atomic E-state index is 15.1. The van der Waals surface area contributed by atoms with Crippen molar-refractivity contribution in [3.63, 3.8) is 0 Å². The van der Waals surface area contributed by atoms with Gasteiger partial charge in [-0.15, -0.1) is 0 Å². The minimum Gasteiger partial charge on any atom is -0.508 e. The van der Waals surface area contributed by atoms with Crippen LogP contribution in [0.5, 0.6) is 5.75 Å². The number of imide groups is 2. The normalized spacial score (nSPS) is 26.8. The van der Waals surface area contributed by atoms with E-state index in [1.807, 2.05) is 6.08 Å². The molecule has 256 valence electrons. The van der Waals surface area contributed by atoms with Gasteiger partial charge in [0.15, 0.2) is 5.78 Å². The van der Waals surface area contributed by atoms with Gasteiger partial charge in [-0.3, -0.25) is 34.3 Å². The Hall–Kier alpha value is -5.61. The Morgan fingerprint density at radius 2 is 1.51 bits per heavy atom. The molecule has 0 aromatic heterocycles. The van der Waals surface area contributed by atoms with E-state index in [-0.39, 0.29) is 30.3 Å². The smallest absolute Gasteiger partial charge is 0.260 e. The van der Waals surface area contributed by atoms with Crippen molar-refractivity contribution in [1.29, 1.82) is 0 Å². The van der Waals surface area contributed by atoms with Gasteiger partial charge >= 0.3 is 0 Å². The average molecular weight is 704 g/mol. The second-order valence-electron chi connectivity index (χ2n) is 13.6. The fourth-order valence-corrected chi connectivity index (χ4v) is 8.92. The van der Waals surface area contributed by atoms with Gasteiger partial charge in [0, 0.05) is 16.5 Å². The summed E-state index contributed by atoms with van der Waals surface area (Å²) in [7, 11) is 0. The standard InChI is InChI=1S/C40H31ClFN3O6/c1-21(46)22-2-14-28(15-3-22)44-36(48)31-19-18-30-32(34(31)38(44)50)20-33-37(49)45(43-27-12-10-26(42)11-13-27)39(51)40(33,24-6-8-25(41)9-7-24)35(30)23-4-16-29(47)17-5-23/h2-18,31-35,43,47H,19-20H2,1H3. The number of nitrogens with one attached hydrogen (secondary N) is 1. The summed E-state index contributed by atoms with van der Waals surface area (Å²) in [6.45, 7) is 1.44. The second kappa shape index (κ2) is 12.0. The number of nitrogens with zero attached hydrogens (tertiary/aromatic N) is 2. The van der Waals surface area contributed by atoms with Gasteiger partial charge in [0.2, 0.25) is 11.8 Å². The van der Waals surface area contributed by atoms with Crippen molar-refractivity contribution in [2.45, 2.75) is 31.1 Å². The Kier molecular flexibility index (Phi) is 7.68. The van der Waals surface area contributed by atoms with Gasteiger partial charge in [0.05, 0.1) is 34.5 Å². The topological polar surface area (TPSA) is 124 Å². The van der Waals surface area contributed by atoms with E-state index in [1.165, 1.54) is 48.2 Å². The number of allylic oxidation sites excluding steroid dienone is 2. The number of hydrogen-bond acceptors (Lipinski definition) is 7. The van der Waals surface area contributed by atoms with Crippen molar-refractivity contribution in [2.24, 2.45) is 23.7 Å². The molecule has 0 radical (unpaired) electrons. The van der Waals surface area contributed by atoms with Crippen LogP contribution in [-0.2, 0) is 24.6 Å². The van der Waals surface area contributed by atoms with E-state index in [4.69, 9.17) is 11.6 Å². The van der Waals surface area contributed by atoms with Crippen LogP contribution in [0.1, 0.15) is 47.2 Å². The summed E-state index contributed by atoms with van der Waals surface area (Å²) in [5.41, 5.74) is 4.47. The molecule has 6 unspecified atom stereocenters. The number of ketones is 1. The van der Waals surface area contributed by atoms with E-state index in [1.54, 1.807) is 60.7 Å². The van der Waals surface area contributed by atoms with Gasteiger partial charge in [-0.25, -0.2) is 4.39 Å². The lowest BCUT2D eigenvalue weighted by molar-refractivity contribution is -0.138. The molecule has 51 heavy (non-hydrogen) atoms. The number of rotatable bonds is 6. The number of aromatic hydroxyl groups is 1. The van der Waals surface area contributed by atoms with Crippen molar-refractivity contribution in [1.82, 2.24) is 5.01 Å². The van der Waals surface area contributed by atoms with Crippen LogP contribution >= 0.6 is 11.6 Å². The van der Waals surface area contributed by atoms with Crippen molar-refractivity contribution >= 4 is 52.4 Å². The third kappa shape index (κ3) is 4.92. The summed E-state index contributed by atoms with van der Waals surface area (Å²) in [5.74, 6) is -6.32. The first kappa shape index (κ1) is 32.6. The maximum atomic E-state index is 15.1. The molecule has 2 aliphatic heterocycles. The van der Waals surface area contributed by atoms with Crippen LogP contribution in [0.4, 0.5) is 15.8 Å². The number of hydrazine groups is 1. The van der Waals surface area contributed by atoms with Crippen LogP contribution in [0.3, 0.4) is 0 Å². The fourth-order valence-electron chi connectivity index (χ4n) is 8.80. The highest BCUT2D eigenvalue weighted by atomic mass is 35.5. The number of carbonyl (C=O) groups is 5. The lowest BCUT2D eigenvalue weighted by Gasteiger charge is -2.50. The SMILES string of the molecule is CC(=O)c1ccc(N2C(=O)C3CC=C4C(CC5C(=O)N(Nc6ccc(F)cc6)C(=O)C5(c5ccc(Cl)cc5)C4c4ccc(O)cc4)C3C2=O)cc1. The minimum atomic E-state index is -1.52. The number of phenols is 1. The van der Waals surface area contributed by atoms with E-state index in [9.17, 15) is 28.7 Å². The molecule has 6 atom stereocenters. The molecule has 1 saturated carbocycles. The highest BCUT2D eigenvalue weighted by Gasteiger charge is 2.70. The van der Waals surface area contributed by atoms with E-state index >= 15 is 4.79 Å². The summed E-state index contributed by atoms with van der Waals surface area (Å²) in [5, 5.41) is 11.7. The first-order valence-corrected chi connectivity index (χ1v) is 17.0. The summed E-state index contributed by atoms with van der Waals surface area (Å²) < 4.78 is 13.8. The van der Waals surface area contributed by atoms with Gasteiger partial charge in [-0.1, -0.05) is 47.5 Å². The Morgan fingerprint density at radius 3 is 2.16 bits per heavy atom. The zero-order chi connectivity index (χ0) is 35.8. The molecule has 8 rings (SSSR count). The van der Waals surface area contributed by atoms with Crippen molar-refractivity contribution < 1.29 is 33.5 Å².